The summed E-state index contributed by atoms with van der Waals surface area (Å²) in [5.74, 6) is 0.827. The number of hydrogen-bond donors (Lipinski definition) is 2. The van der Waals surface area contributed by atoms with Crippen molar-refractivity contribution in [2.75, 3.05) is 5.32 Å². The summed E-state index contributed by atoms with van der Waals surface area (Å²) in [7, 11) is 0. The SMILES string of the molecule is Cc1cc([N+](=O)[O-])ccc1NC(C)c1ncc[nH]1. The van der Waals surface area contributed by atoms with Crippen molar-refractivity contribution in [2.24, 2.45) is 0 Å². The molecule has 2 aromatic rings. The van der Waals surface area contributed by atoms with Crippen LogP contribution < -0.4 is 5.32 Å². The molecule has 0 aliphatic carbocycles. The van der Waals surface area contributed by atoms with Crippen LogP contribution in [0.15, 0.2) is 30.6 Å². The van der Waals surface area contributed by atoms with Crippen LogP contribution in [0.5, 0.6) is 0 Å². The number of benzene rings is 1. The van der Waals surface area contributed by atoms with E-state index in [0.29, 0.717) is 0 Å². The van der Waals surface area contributed by atoms with Crippen molar-refractivity contribution in [2.45, 2.75) is 19.9 Å². The Morgan fingerprint density at radius 2 is 2.28 bits per heavy atom. The van der Waals surface area contributed by atoms with E-state index < -0.39 is 4.92 Å². The molecule has 1 aromatic heterocycles. The van der Waals surface area contributed by atoms with Crippen molar-refractivity contribution in [3.05, 3.63) is 52.1 Å². The zero-order valence-corrected chi connectivity index (χ0v) is 10.2. The van der Waals surface area contributed by atoms with Crippen molar-refractivity contribution in [3.8, 4) is 0 Å². The molecule has 2 rings (SSSR count). The zero-order chi connectivity index (χ0) is 13.1. The molecule has 18 heavy (non-hydrogen) atoms. The van der Waals surface area contributed by atoms with Crippen LogP contribution in [0, 0.1) is 17.0 Å². The van der Waals surface area contributed by atoms with Crippen LogP contribution in [0.3, 0.4) is 0 Å². The molecule has 2 N–H and O–H groups in total. The fourth-order valence-corrected chi connectivity index (χ4v) is 1.74. The Hall–Kier alpha value is -2.37. The Balaban J connectivity index is 2.17. The van der Waals surface area contributed by atoms with E-state index in [-0.39, 0.29) is 11.7 Å². The lowest BCUT2D eigenvalue weighted by Gasteiger charge is -2.14. The number of nitrogens with one attached hydrogen (secondary N) is 2. The third kappa shape index (κ3) is 2.48. The maximum Gasteiger partial charge on any atom is 0.269 e. The van der Waals surface area contributed by atoms with Gasteiger partial charge in [0.15, 0.2) is 0 Å². The Morgan fingerprint density at radius 3 is 2.83 bits per heavy atom. The fraction of sp³-hybridized carbons (Fsp3) is 0.250. The van der Waals surface area contributed by atoms with Crippen LogP contribution in [0.4, 0.5) is 11.4 Å². The first kappa shape index (κ1) is 12.1. The lowest BCUT2D eigenvalue weighted by Crippen LogP contribution is -2.09. The van der Waals surface area contributed by atoms with E-state index in [9.17, 15) is 10.1 Å². The average molecular weight is 246 g/mol. The minimum Gasteiger partial charge on any atom is -0.375 e. The lowest BCUT2D eigenvalue weighted by atomic mass is 10.1. The van der Waals surface area contributed by atoms with Crippen molar-refractivity contribution in [1.82, 2.24) is 9.97 Å². The second-order valence-corrected chi connectivity index (χ2v) is 4.10. The van der Waals surface area contributed by atoms with Gasteiger partial charge in [0, 0.05) is 30.2 Å². The number of nitrogens with zero attached hydrogens (tertiary/aromatic N) is 2. The quantitative estimate of drug-likeness (QED) is 0.641. The van der Waals surface area contributed by atoms with E-state index >= 15 is 0 Å². The Labute approximate surface area is 104 Å². The summed E-state index contributed by atoms with van der Waals surface area (Å²) in [6, 6.07) is 4.77. The first-order valence-corrected chi connectivity index (χ1v) is 5.59. The number of nitro benzene ring substituents is 1. The molecular formula is C12H14N4O2. The number of imidazole rings is 1. The Bertz CT molecular complexity index is 551. The monoisotopic (exact) mass is 246 g/mol. The molecule has 0 amide bonds. The van der Waals surface area contributed by atoms with Crippen LogP contribution in [-0.2, 0) is 0 Å². The topological polar surface area (TPSA) is 83.8 Å². The largest absolute Gasteiger partial charge is 0.375 e. The smallest absolute Gasteiger partial charge is 0.269 e. The van der Waals surface area contributed by atoms with Gasteiger partial charge in [-0.3, -0.25) is 10.1 Å². The summed E-state index contributed by atoms with van der Waals surface area (Å²) in [4.78, 5) is 17.4. The van der Waals surface area contributed by atoms with Gasteiger partial charge in [-0.2, -0.15) is 0 Å². The van der Waals surface area contributed by atoms with E-state index in [1.54, 1.807) is 24.5 Å². The number of aromatic amines is 1. The van der Waals surface area contributed by atoms with E-state index in [1.165, 1.54) is 6.07 Å². The van der Waals surface area contributed by atoms with Crippen molar-refractivity contribution >= 4 is 11.4 Å². The summed E-state index contributed by atoms with van der Waals surface area (Å²) in [6.45, 7) is 3.81. The average Bonchev–Trinajstić information content (AvgIpc) is 2.85. The number of hydrogen-bond acceptors (Lipinski definition) is 4. The Morgan fingerprint density at radius 1 is 1.50 bits per heavy atom. The molecule has 1 aromatic carbocycles. The molecule has 0 fully saturated rings. The standard InChI is InChI=1S/C12H14N4O2/c1-8-7-10(16(17)18)3-4-11(8)15-9(2)12-13-5-6-14-12/h3-7,9,15H,1-2H3,(H,13,14). The third-order valence-electron chi connectivity index (χ3n) is 2.72. The molecule has 6 heteroatoms. The van der Waals surface area contributed by atoms with Gasteiger partial charge in [0.05, 0.1) is 11.0 Å². The van der Waals surface area contributed by atoms with Gasteiger partial charge in [-0.25, -0.2) is 4.98 Å². The van der Waals surface area contributed by atoms with Gasteiger partial charge >= 0.3 is 0 Å². The lowest BCUT2D eigenvalue weighted by molar-refractivity contribution is -0.384. The first-order chi connectivity index (χ1) is 8.58. The molecule has 0 aliphatic heterocycles. The van der Waals surface area contributed by atoms with Crippen LogP contribution >= 0.6 is 0 Å². The third-order valence-corrected chi connectivity index (χ3v) is 2.72. The van der Waals surface area contributed by atoms with Crippen LogP contribution in [0.2, 0.25) is 0 Å². The van der Waals surface area contributed by atoms with Gasteiger partial charge in [0.25, 0.3) is 5.69 Å². The molecule has 0 radical (unpaired) electrons. The van der Waals surface area contributed by atoms with Gasteiger partial charge in [0.2, 0.25) is 0 Å². The molecule has 0 aliphatic rings. The normalized spacial score (nSPS) is 12.1. The van der Waals surface area contributed by atoms with E-state index in [4.69, 9.17) is 0 Å². The molecule has 6 nitrogen and oxygen atoms in total. The van der Waals surface area contributed by atoms with Crippen molar-refractivity contribution < 1.29 is 4.92 Å². The number of non-ortho nitro benzene ring substituents is 1. The number of rotatable bonds is 4. The molecule has 1 atom stereocenters. The summed E-state index contributed by atoms with van der Waals surface area (Å²) in [5.41, 5.74) is 1.80. The second kappa shape index (κ2) is 4.87. The molecule has 0 saturated carbocycles. The van der Waals surface area contributed by atoms with Crippen LogP contribution in [-0.4, -0.2) is 14.9 Å². The number of H-pyrrole nitrogens is 1. The maximum atomic E-state index is 10.6. The summed E-state index contributed by atoms with van der Waals surface area (Å²) in [5, 5.41) is 13.9. The molecule has 0 bridgehead atoms. The van der Waals surface area contributed by atoms with Crippen molar-refractivity contribution in [1.29, 1.82) is 0 Å². The molecule has 0 saturated heterocycles. The highest BCUT2D eigenvalue weighted by Gasteiger charge is 2.11. The minimum absolute atomic E-state index is 0.0140. The Kier molecular flexibility index (Phi) is 3.27. The first-order valence-electron chi connectivity index (χ1n) is 5.59. The number of anilines is 1. The highest BCUT2D eigenvalue weighted by Crippen LogP contribution is 2.24. The predicted octanol–water partition coefficient (Wildman–Crippen LogP) is 2.80. The second-order valence-electron chi connectivity index (χ2n) is 4.10. The molecule has 1 heterocycles. The molecule has 94 valence electrons. The number of aryl methyl sites for hydroxylation is 1. The summed E-state index contributed by atoms with van der Waals surface area (Å²) >= 11 is 0. The van der Waals surface area contributed by atoms with E-state index in [0.717, 1.165) is 17.1 Å². The summed E-state index contributed by atoms with van der Waals surface area (Å²) < 4.78 is 0. The van der Waals surface area contributed by atoms with Gasteiger partial charge in [0.1, 0.15) is 5.82 Å². The van der Waals surface area contributed by atoms with E-state index in [2.05, 4.69) is 15.3 Å². The predicted molar refractivity (Wildman–Crippen MR) is 68.5 cm³/mol. The summed E-state index contributed by atoms with van der Waals surface area (Å²) in [6.07, 6.45) is 3.45. The fourth-order valence-electron chi connectivity index (χ4n) is 1.74. The van der Waals surface area contributed by atoms with Crippen LogP contribution in [0.1, 0.15) is 24.4 Å². The zero-order valence-electron chi connectivity index (χ0n) is 10.2. The van der Waals surface area contributed by atoms with Gasteiger partial charge in [-0.05, 0) is 25.5 Å². The number of nitro groups is 1. The maximum absolute atomic E-state index is 10.6. The van der Waals surface area contributed by atoms with Crippen LogP contribution in [0.25, 0.3) is 0 Å². The molecule has 1 unspecified atom stereocenters. The number of aromatic nitrogens is 2. The molecular weight excluding hydrogens is 232 g/mol. The van der Waals surface area contributed by atoms with E-state index in [1.807, 2.05) is 13.8 Å². The van der Waals surface area contributed by atoms with Gasteiger partial charge in [-0.15, -0.1) is 0 Å². The molecule has 0 spiro atoms. The minimum atomic E-state index is -0.396. The van der Waals surface area contributed by atoms with Gasteiger partial charge in [-0.1, -0.05) is 0 Å². The van der Waals surface area contributed by atoms with Crippen molar-refractivity contribution in [3.63, 3.8) is 0 Å². The highest BCUT2D eigenvalue weighted by atomic mass is 16.6. The highest BCUT2D eigenvalue weighted by molar-refractivity contribution is 5.56. The van der Waals surface area contributed by atoms with Gasteiger partial charge < -0.3 is 10.3 Å².